The Labute approximate surface area is 90.0 Å². The minimum Gasteiger partial charge on any atom is -0.373 e. The van der Waals surface area contributed by atoms with Crippen molar-refractivity contribution in [1.29, 1.82) is 5.26 Å². The number of nitrogens with zero attached hydrogens (tertiary/aromatic N) is 2. The monoisotopic (exact) mass is 208 g/mol. The maximum absolute atomic E-state index is 9.04. The molecule has 3 heteroatoms. The van der Waals surface area contributed by atoms with Crippen molar-refractivity contribution in [2.75, 3.05) is 18.8 Å². The highest BCUT2D eigenvalue weighted by atomic mass is 32.2. The van der Waals surface area contributed by atoms with Crippen molar-refractivity contribution in [3.8, 4) is 6.07 Å². The zero-order chi connectivity index (χ0) is 9.97. The molecule has 0 bridgehead atoms. The molecule has 76 valence electrons. The van der Waals surface area contributed by atoms with Crippen LogP contribution in [0.4, 0.5) is 0 Å². The molecule has 2 nitrogen and oxygen atoms in total. The Kier molecular flexibility index (Phi) is 3.02. The van der Waals surface area contributed by atoms with E-state index in [1.807, 2.05) is 11.8 Å². The van der Waals surface area contributed by atoms with Gasteiger partial charge < -0.3 is 4.90 Å². The number of hydrogen-bond acceptors (Lipinski definition) is 3. The van der Waals surface area contributed by atoms with Crippen LogP contribution in [0, 0.1) is 11.3 Å². The third kappa shape index (κ3) is 1.76. The van der Waals surface area contributed by atoms with Crippen LogP contribution < -0.4 is 0 Å². The quantitative estimate of drug-likeness (QED) is 0.662. The number of likely N-dealkylation sites (tertiary alicyclic amines) is 1. The van der Waals surface area contributed by atoms with Gasteiger partial charge in [0.05, 0.1) is 11.6 Å². The summed E-state index contributed by atoms with van der Waals surface area (Å²) in [7, 11) is 0. The summed E-state index contributed by atoms with van der Waals surface area (Å²) in [6.45, 7) is 4.54. The van der Waals surface area contributed by atoms with Crippen LogP contribution in [-0.4, -0.2) is 29.0 Å². The first-order valence-corrected chi connectivity index (χ1v) is 6.37. The Morgan fingerprint density at radius 1 is 1.36 bits per heavy atom. The SMILES string of the molecule is CC1SCC(C#N)=C1N1CCCCC1. The van der Waals surface area contributed by atoms with Crippen LogP contribution >= 0.6 is 11.8 Å². The van der Waals surface area contributed by atoms with E-state index in [-0.39, 0.29) is 0 Å². The van der Waals surface area contributed by atoms with Crippen LogP contribution in [0.25, 0.3) is 0 Å². The molecular formula is C11H16N2S. The molecule has 2 aliphatic heterocycles. The van der Waals surface area contributed by atoms with Crippen molar-refractivity contribution >= 4 is 11.8 Å². The molecule has 0 aromatic heterocycles. The van der Waals surface area contributed by atoms with Gasteiger partial charge in [-0.2, -0.15) is 5.26 Å². The first-order chi connectivity index (χ1) is 6.83. The Hall–Kier alpha value is -0.620. The van der Waals surface area contributed by atoms with Crippen molar-refractivity contribution in [3.63, 3.8) is 0 Å². The van der Waals surface area contributed by atoms with Gasteiger partial charge in [0, 0.05) is 29.8 Å². The summed E-state index contributed by atoms with van der Waals surface area (Å²) in [5.74, 6) is 0.920. The Morgan fingerprint density at radius 3 is 2.71 bits per heavy atom. The Morgan fingerprint density at radius 2 is 2.07 bits per heavy atom. The summed E-state index contributed by atoms with van der Waals surface area (Å²) in [6.07, 6.45) is 3.94. The number of hydrogen-bond donors (Lipinski definition) is 0. The predicted molar refractivity (Wildman–Crippen MR) is 60.0 cm³/mol. The van der Waals surface area contributed by atoms with Crippen LogP contribution in [0.15, 0.2) is 11.3 Å². The first kappa shape index (κ1) is 9.92. The fourth-order valence-corrected chi connectivity index (χ4v) is 3.36. The summed E-state index contributed by atoms with van der Waals surface area (Å²) in [5, 5.41) is 9.57. The van der Waals surface area contributed by atoms with Gasteiger partial charge in [-0.3, -0.25) is 0 Å². The van der Waals surface area contributed by atoms with Gasteiger partial charge in [0.25, 0.3) is 0 Å². The predicted octanol–water partition coefficient (Wildman–Crippen LogP) is 2.39. The number of nitriles is 1. The van der Waals surface area contributed by atoms with Crippen molar-refractivity contribution in [3.05, 3.63) is 11.3 Å². The molecule has 0 aromatic rings. The fourth-order valence-electron chi connectivity index (χ4n) is 2.28. The second-order valence-electron chi connectivity index (χ2n) is 3.98. The lowest BCUT2D eigenvalue weighted by Gasteiger charge is -2.32. The lowest BCUT2D eigenvalue weighted by atomic mass is 10.1. The van der Waals surface area contributed by atoms with E-state index in [2.05, 4.69) is 17.9 Å². The Bertz CT molecular complexity index is 284. The molecule has 2 heterocycles. The van der Waals surface area contributed by atoms with E-state index in [0.717, 1.165) is 24.4 Å². The van der Waals surface area contributed by atoms with E-state index < -0.39 is 0 Å². The molecule has 0 aliphatic carbocycles. The highest BCUT2D eigenvalue weighted by molar-refractivity contribution is 8.00. The second-order valence-corrected chi connectivity index (χ2v) is 5.31. The average Bonchev–Trinajstić information content (AvgIpc) is 2.61. The van der Waals surface area contributed by atoms with Gasteiger partial charge in [-0.25, -0.2) is 0 Å². The number of rotatable bonds is 1. The van der Waals surface area contributed by atoms with E-state index in [0.29, 0.717) is 5.25 Å². The molecule has 1 atom stereocenters. The third-order valence-electron chi connectivity index (χ3n) is 3.00. The molecule has 0 radical (unpaired) electrons. The fraction of sp³-hybridized carbons (Fsp3) is 0.727. The van der Waals surface area contributed by atoms with Crippen LogP contribution in [0.5, 0.6) is 0 Å². The number of thioether (sulfide) groups is 1. The molecule has 0 amide bonds. The molecule has 0 N–H and O–H groups in total. The van der Waals surface area contributed by atoms with Gasteiger partial charge in [0.15, 0.2) is 0 Å². The van der Waals surface area contributed by atoms with Crippen molar-refractivity contribution in [1.82, 2.24) is 4.90 Å². The molecular weight excluding hydrogens is 192 g/mol. The van der Waals surface area contributed by atoms with E-state index in [9.17, 15) is 0 Å². The van der Waals surface area contributed by atoms with Gasteiger partial charge in [-0.1, -0.05) is 0 Å². The van der Waals surface area contributed by atoms with Crippen LogP contribution in [0.2, 0.25) is 0 Å². The van der Waals surface area contributed by atoms with Crippen LogP contribution in [0.3, 0.4) is 0 Å². The van der Waals surface area contributed by atoms with Crippen molar-refractivity contribution in [2.45, 2.75) is 31.4 Å². The van der Waals surface area contributed by atoms with Gasteiger partial charge >= 0.3 is 0 Å². The summed E-state index contributed by atoms with van der Waals surface area (Å²) < 4.78 is 0. The molecule has 2 aliphatic rings. The minimum absolute atomic E-state index is 0.530. The van der Waals surface area contributed by atoms with E-state index in [4.69, 9.17) is 5.26 Å². The van der Waals surface area contributed by atoms with Crippen molar-refractivity contribution < 1.29 is 0 Å². The van der Waals surface area contributed by atoms with Gasteiger partial charge in [0.1, 0.15) is 0 Å². The highest BCUT2D eigenvalue weighted by Gasteiger charge is 2.27. The van der Waals surface area contributed by atoms with Crippen LogP contribution in [0.1, 0.15) is 26.2 Å². The molecule has 0 aromatic carbocycles. The topological polar surface area (TPSA) is 27.0 Å². The summed E-state index contributed by atoms with van der Waals surface area (Å²) in [5.41, 5.74) is 2.35. The lowest BCUT2D eigenvalue weighted by Crippen LogP contribution is -2.32. The highest BCUT2D eigenvalue weighted by Crippen LogP contribution is 2.35. The molecule has 1 fully saturated rings. The zero-order valence-corrected chi connectivity index (χ0v) is 9.44. The summed E-state index contributed by atoms with van der Waals surface area (Å²) >= 11 is 1.89. The first-order valence-electron chi connectivity index (χ1n) is 5.32. The van der Waals surface area contributed by atoms with E-state index in [1.54, 1.807) is 0 Å². The van der Waals surface area contributed by atoms with Crippen LogP contribution in [-0.2, 0) is 0 Å². The second kappa shape index (κ2) is 4.27. The van der Waals surface area contributed by atoms with E-state index >= 15 is 0 Å². The average molecular weight is 208 g/mol. The Balaban J connectivity index is 2.17. The summed E-state index contributed by atoms with van der Waals surface area (Å²) in [6, 6.07) is 2.36. The smallest absolute Gasteiger partial charge is 0.0974 e. The van der Waals surface area contributed by atoms with Gasteiger partial charge in [-0.15, -0.1) is 11.8 Å². The summed E-state index contributed by atoms with van der Waals surface area (Å²) in [4.78, 5) is 2.44. The minimum atomic E-state index is 0.530. The molecule has 0 saturated carbocycles. The normalized spacial score (nSPS) is 28.0. The molecule has 1 saturated heterocycles. The number of piperidine rings is 1. The molecule has 14 heavy (non-hydrogen) atoms. The van der Waals surface area contributed by atoms with E-state index in [1.165, 1.54) is 25.0 Å². The van der Waals surface area contributed by atoms with Gasteiger partial charge in [0.2, 0.25) is 0 Å². The molecule has 0 spiro atoms. The zero-order valence-electron chi connectivity index (χ0n) is 8.62. The maximum Gasteiger partial charge on any atom is 0.0974 e. The largest absolute Gasteiger partial charge is 0.373 e. The molecule has 2 rings (SSSR count). The third-order valence-corrected chi connectivity index (χ3v) is 4.18. The van der Waals surface area contributed by atoms with Crippen molar-refractivity contribution in [2.24, 2.45) is 0 Å². The standard InChI is InChI=1S/C11H16N2S/c1-9-11(10(7-12)8-14-9)13-5-3-2-4-6-13/h9H,2-6,8H2,1H3. The molecule has 1 unspecified atom stereocenters. The lowest BCUT2D eigenvalue weighted by molar-refractivity contribution is 0.280. The maximum atomic E-state index is 9.04. The van der Waals surface area contributed by atoms with Gasteiger partial charge in [-0.05, 0) is 26.2 Å².